The lowest BCUT2D eigenvalue weighted by Crippen LogP contribution is -2.54. The molecule has 0 spiro atoms. The van der Waals surface area contributed by atoms with Crippen LogP contribution in [-0.4, -0.2) is 63.3 Å². The third-order valence-electron chi connectivity index (χ3n) is 3.88. The van der Waals surface area contributed by atoms with Crippen LogP contribution in [0.2, 0.25) is 0 Å². The van der Waals surface area contributed by atoms with Crippen LogP contribution < -0.4 is 10.6 Å². The Hall–Kier alpha value is -0.650. The van der Waals surface area contributed by atoms with Gasteiger partial charge in [0.25, 0.3) is 0 Å². The number of nitrogens with zero attached hydrogens (tertiary/aromatic N) is 1. The van der Waals surface area contributed by atoms with Gasteiger partial charge in [-0.15, -0.1) is 0 Å². The average Bonchev–Trinajstić information content (AvgIpc) is 2.45. The van der Waals surface area contributed by atoms with Crippen LogP contribution in [0, 0.1) is 5.92 Å². The Morgan fingerprint density at radius 1 is 1.21 bits per heavy atom. The van der Waals surface area contributed by atoms with Crippen molar-refractivity contribution >= 4 is 5.91 Å². The molecule has 112 valence electrons. The summed E-state index contributed by atoms with van der Waals surface area (Å²) in [5, 5.41) is 6.10. The minimum absolute atomic E-state index is 0.00393. The molecule has 1 fully saturated rings. The molecular formula is C14H29N3O2. The number of amides is 1. The van der Waals surface area contributed by atoms with E-state index in [9.17, 15) is 4.79 Å². The fourth-order valence-corrected chi connectivity index (χ4v) is 2.68. The highest BCUT2D eigenvalue weighted by Crippen LogP contribution is 2.20. The van der Waals surface area contributed by atoms with E-state index in [1.165, 1.54) is 0 Å². The van der Waals surface area contributed by atoms with E-state index in [1.54, 1.807) is 0 Å². The lowest BCUT2D eigenvalue weighted by Gasteiger charge is -2.37. The van der Waals surface area contributed by atoms with Gasteiger partial charge < -0.3 is 15.4 Å². The standard InChI is InChI=1S/C14H29N3O2/c1-4-12(5-2)13(14(18)16-7-6-15-3)17-8-10-19-11-9-17/h12-13,15H,4-11H2,1-3H3,(H,16,18). The summed E-state index contributed by atoms with van der Waals surface area (Å²) < 4.78 is 5.39. The zero-order valence-electron chi connectivity index (χ0n) is 12.6. The average molecular weight is 271 g/mol. The molecule has 5 heteroatoms. The molecule has 0 aliphatic carbocycles. The van der Waals surface area contributed by atoms with Crippen molar-refractivity contribution in [3.63, 3.8) is 0 Å². The number of likely N-dealkylation sites (N-methyl/N-ethyl adjacent to an activating group) is 1. The Morgan fingerprint density at radius 3 is 2.37 bits per heavy atom. The Bertz CT molecular complexity index is 251. The molecule has 1 unspecified atom stereocenters. The number of morpholine rings is 1. The monoisotopic (exact) mass is 271 g/mol. The van der Waals surface area contributed by atoms with E-state index in [2.05, 4.69) is 29.4 Å². The van der Waals surface area contributed by atoms with Crippen LogP contribution in [-0.2, 0) is 9.53 Å². The van der Waals surface area contributed by atoms with Crippen molar-refractivity contribution in [2.45, 2.75) is 32.7 Å². The molecule has 19 heavy (non-hydrogen) atoms. The summed E-state index contributed by atoms with van der Waals surface area (Å²) in [4.78, 5) is 14.7. The van der Waals surface area contributed by atoms with Crippen molar-refractivity contribution in [2.75, 3.05) is 46.4 Å². The van der Waals surface area contributed by atoms with Gasteiger partial charge in [-0.1, -0.05) is 26.7 Å². The minimum atomic E-state index is -0.00393. The van der Waals surface area contributed by atoms with Crippen LogP contribution >= 0.6 is 0 Å². The van der Waals surface area contributed by atoms with Crippen molar-refractivity contribution in [1.82, 2.24) is 15.5 Å². The second kappa shape index (κ2) is 9.28. The normalized spacial score (nSPS) is 18.5. The molecule has 0 saturated carbocycles. The maximum atomic E-state index is 12.5. The molecule has 1 saturated heterocycles. The lowest BCUT2D eigenvalue weighted by atomic mass is 9.91. The van der Waals surface area contributed by atoms with Gasteiger partial charge in [0.1, 0.15) is 0 Å². The van der Waals surface area contributed by atoms with Crippen LogP contribution in [0.4, 0.5) is 0 Å². The molecule has 0 radical (unpaired) electrons. The molecule has 1 aliphatic rings. The van der Waals surface area contributed by atoms with E-state index in [0.29, 0.717) is 12.5 Å². The number of carbonyl (C=O) groups excluding carboxylic acids is 1. The number of rotatable bonds is 8. The number of carbonyl (C=O) groups is 1. The summed E-state index contributed by atoms with van der Waals surface area (Å²) in [5.41, 5.74) is 0. The Labute approximate surface area is 117 Å². The maximum absolute atomic E-state index is 12.5. The van der Waals surface area contributed by atoms with Gasteiger partial charge in [-0.3, -0.25) is 9.69 Å². The molecule has 1 rings (SSSR count). The van der Waals surface area contributed by atoms with Gasteiger partial charge in [-0.2, -0.15) is 0 Å². The minimum Gasteiger partial charge on any atom is -0.379 e. The van der Waals surface area contributed by atoms with E-state index in [1.807, 2.05) is 7.05 Å². The molecule has 0 aromatic heterocycles. The molecule has 0 aromatic rings. The van der Waals surface area contributed by atoms with Gasteiger partial charge in [0.15, 0.2) is 0 Å². The molecule has 1 amide bonds. The highest BCUT2D eigenvalue weighted by Gasteiger charge is 2.32. The first kappa shape index (κ1) is 16.4. The number of hydrogen-bond acceptors (Lipinski definition) is 4. The zero-order chi connectivity index (χ0) is 14.1. The topological polar surface area (TPSA) is 53.6 Å². The molecule has 2 N–H and O–H groups in total. The van der Waals surface area contributed by atoms with Gasteiger partial charge in [0.2, 0.25) is 5.91 Å². The summed E-state index contributed by atoms with van der Waals surface area (Å²) in [6, 6.07) is -0.00393. The van der Waals surface area contributed by atoms with Crippen molar-refractivity contribution in [2.24, 2.45) is 5.92 Å². The second-order valence-electron chi connectivity index (χ2n) is 5.06. The maximum Gasteiger partial charge on any atom is 0.237 e. The van der Waals surface area contributed by atoms with Crippen LogP contribution in [0.25, 0.3) is 0 Å². The molecular weight excluding hydrogens is 242 g/mol. The molecule has 1 aliphatic heterocycles. The fourth-order valence-electron chi connectivity index (χ4n) is 2.68. The van der Waals surface area contributed by atoms with Gasteiger partial charge in [-0.05, 0) is 13.0 Å². The Kier molecular flexibility index (Phi) is 8.02. The summed E-state index contributed by atoms with van der Waals surface area (Å²) in [6.07, 6.45) is 2.08. The molecule has 0 aromatic carbocycles. The van der Waals surface area contributed by atoms with Crippen molar-refractivity contribution in [3.8, 4) is 0 Å². The summed E-state index contributed by atoms with van der Waals surface area (Å²) in [5.74, 6) is 0.596. The first-order valence-corrected chi connectivity index (χ1v) is 7.48. The van der Waals surface area contributed by atoms with Gasteiger partial charge in [-0.25, -0.2) is 0 Å². The molecule has 0 bridgehead atoms. The van der Waals surface area contributed by atoms with Gasteiger partial charge in [0.05, 0.1) is 19.3 Å². The van der Waals surface area contributed by atoms with Crippen molar-refractivity contribution < 1.29 is 9.53 Å². The number of ether oxygens (including phenoxy) is 1. The van der Waals surface area contributed by atoms with Crippen LogP contribution in [0.1, 0.15) is 26.7 Å². The molecule has 1 atom stereocenters. The third kappa shape index (κ3) is 5.09. The van der Waals surface area contributed by atoms with E-state index in [-0.39, 0.29) is 11.9 Å². The van der Waals surface area contributed by atoms with Crippen LogP contribution in [0.5, 0.6) is 0 Å². The third-order valence-corrected chi connectivity index (χ3v) is 3.88. The van der Waals surface area contributed by atoms with Gasteiger partial charge >= 0.3 is 0 Å². The van der Waals surface area contributed by atoms with Gasteiger partial charge in [0, 0.05) is 26.2 Å². The van der Waals surface area contributed by atoms with E-state index < -0.39 is 0 Å². The number of hydrogen-bond donors (Lipinski definition) is 2. The van der Waals surface area contributed by atoms with E-state index in [0.717, 1.165) is 45.7 Å². The summed E-state index contributed by atoms with van der Waals surface area (Å²) in [6.45, 7) is 9.04. The molecule has 5 nitrogen and oxygen atoms in total. The quantitative estimate of drug-likeness (QED) is 0.630. The summed E-state index contributed by atoms with van der Waals surface area (Å²) >= 11 is 0. The lowest BCUT2D eigenvalue weighted by molar-refractivity contribution is -0.130. The van der Waals surface area contributed by atoms with Crippen LogP contribution in [0.15, 0.2) is 0 Å². The fraction of sp³-hybridized carbons (Fsp3) is 0.929. The Balaban J connectivity index is 2.64. The predicted octanol–water partition coefficient (Wildman–Crippen LogP) is 0.459. The first-order chi connectivity index (χ1) is 9.24. The SMILES string of the molecule is CCC(CC)C(C(=O)NCCNC)N1CCOCC1. The highest BCUT2D eigenvalue weighted by molar-refractivity contribution is 5.82. The van der Waals surface area contributed by atoms with Crippen LogP contribution in [0.3, 0.4) is 0 Å². The summed E-state index contributed by atoms with van der Waals surface area (Å²) in [7, 11) is 1.90. The predicted molar refractivity (Wildman–Crippen MR) is 77.2 cm³/mol. The van der Waals surface area contributed by atoms with Crippen molar-refractivity contribution in [1.29, 1.82) is 0 Å². The van der Waals surface area contributed by atoms with E-state index >= 15 is 0 Å². The molecule has 1 heterocycles. The highest BCUT2D eigenvalue weighted by atomic mass is 16.5. The smallest absolute Gasteiger partial charge is 0.237 e. The van der Waals surface area contributed by atoms with Crippen molar-refractivity contribution in [3.05, 3.63) is 0 Å². The zero-order valence-corrected chi connectivity index (χ0v) is 12.6. The Morgan fingerprint density at radius 2 is 1.84 bits per heavy atom. The van der Waals surface area contributed by atoms with E-state index in [4.69, 9.17) is 4.74 Å². The second-order valence-corrected chi connectivity index (χ2v) is 5.06. The number of nitrogens with one attached hydrogen (secondary N) is 2. The largest absolute Gasteiger partial charge is 0.379 e. The first-order valence-electron chi connectivity index (χ1n) is 7.48.